The first-order valence-electron chi connectivity index (χ1n) is 6.12. The Hall–Kier alpha value is -0.730. The van der Waals surface area contributed by atoms with E-state index in [9.17, 15) is 4.79 Å². The van der Waals surface area contributed by atoms with E-state index in [1.807, 2.05) is 0 Å². The summed E-state index contributed by atoms with van der Waals surface area (Å²) >= 11 is 0. The molecule has 15 heavy (non-hydrogen) atoms. The van der Waals surface area contributed by atoms with Gasteiger partial charge in [0.1, 0.15) is 0 Å². The number of hydrogen-bond acceptors (Lipinski definition) is 1. The Morgan fingerprint density at radius 3 is 2.53 bits per heavy atom. The molecule has 88 valence electrons. The minimum absolute atomic E-state index is 0.0111. The molecule has 0 unspecified atom stereocenters. The number of hydrogen-bond donors (Lipinski definition) is 2. The fraction of sp³-hybridized carbons (Fsp3) is 0.917. The van der Waals surface area contributed by atoms with Gasteiger partial charge in [-0.15, -0.1) is 0 Å². The first-order valence-corrected chi connectivity index (χ1v) is 6.12. The monoisotopic (exact) mass is 212 g/mol. The normalized spacial score (nSPS) is 16.2. The van der Waals surface area contributed by atoms with Gasteiger partial charge in [-0.1, -0.05) is 19.8 Å². The van der Waals surface area contributed by atoms with Crippen LogP contribution in [0.1, 0.15) is 52.9 Å². The van der Waals surface area contributed by atoms with Gasteiger partial charge in [-0.05, 0) is 39.0 Å². The second-order valence-electron chi connectivity index (χ2n) is 5.08. The number of unbranched alkanes of at least 4 members (excludes halogenated alkanes) is 2. The van der Waals surface area contributed by atoms with Crippen molar-refractivity contribution in [2.45, 2.75) is 58.4 Å². The fourth-order valence-electron chi connectivity index (χ4n) is 1.82. The number of carbonyl (C=O) groups is 1. The summed E-state index contributed by atoms with van der Waals surface area (Å²) in [6.07, 6.45) is 5.96. The molecule has 0 aromatic carbocycles. The first-order chi connectivity index (χ1) is 7.06. The molecule has 2 amide bonds. The van der Waals surface area contributed by atoms with E-state index < -0.39 is 0 Å². The molecule has 3 heteroatoms. The summed E-state index contributed by atoms with van der Waals surface area (Å²) in [4.78, 5) is 11.5. The molecular formula is C12H24N2O. The van der Waals surface area contributed by atoms with Crippen molar-refractivity contribution in [2.24, 2.45) is 5.92 Å². The largest absolute Gasteiger partial charge is 0.338 e. The van der Waals surface area contributed by atoms with Crippen LogP contribution in [0.25, 0.3) is 0 Å². The van der Waals surface area contributed by atoms with E-state index in [2.05, 4.69) is 31.4 Å². The highest BCUT2D eigenvalue weighted by Crippen LogP contribution is 2.38. The van der Waals surface area contributed by atoms with E-state index >= 15 is 0 Å². The fourth-order valence-corrected chi connectivity index (χ4v) is 1.82. The van der Waals surface area contributed by atoms with E-state index in [1.54, 1.807) is 0 Å². The molecule has 0 saturated heterocycles. The zero-order chi connectivity index (χ0) is 11.3. The first kappa shape index (κ1) is 12.3. The Morgan fingerprint density at radius 2 is 2.00 bits per heavy atom. The highest BCUT2D eigenvalue weighted by Gasteiger charge is 2.38. The molecule has 1 saturated carbocycles. The second kappa shape index (κ2) is 5.38. The highest BCUT2D eigenvalue weighted by molar-refractivity contribution is 5.74. The lowest BCUT2D eigenvalue weighted by atomic mass is 9.99. The molecule has 1 rings (SSSR count). The molecule has 1 aliphatic carbocycles. The van der Waals surface area contributed by atoms with E-state index in [4.69, 9.17) is 0 Å². The number of amides is 2. The maximum Gasteiger partial charge on any atom is 0.315 e. The van der Waals surface area contributed by atoms with Crippen molar-refractivity contribution in [3.63, 3.8) is 0 Å². The molecule has 3 nitrogen and oxygen atoms in total. The molecular weight excluding hydrogens is 188 g/mol. The predicted octanol–water partition coefficient (Wildman–Crippen LogP) is 2.66. The van der Waals surface area contributed by atoms with Crippen LogP contribution in [-0.4, -0.2) is 18.1 Å². The van der Waals surface area contributed by atoms with Crippen LogP contribution in [0.4, 0.5) is 4.79 Å². The molecule has 0 aromatic rings. The van der Waals surface area contributed by atoms with Crippen molar-refractivity contribution in [1.82, 2.24) is 10.6 Å². The summed E-state index contributed by atoms with van der Waals surface area (Å²) in [5.74, 6) is 0.680. The Bertz CT molecular complexity index is 210. The third kappa shape index (κ3) is 4.54. The zero-order valence-corrected chi connectivity index (χ0v) is 10.2. The summed E-state index contributed by atoms with van der Waals surface area (Å²) in [5.41, 5.74) is -0.0329. The SMILES string of the molecule is CCCCCNC(=O)NC(C)(C)C1CC1. The number of rotatable bonds is 6. The molecule has 0 atom stereocenters. The van der Waals surface area contributed by atoms with Gasteiger partial charge < -0.3 is 10.6 Å². The Balaban J connectivity index is 2.12. The minimum Gasteiger partial charge on any atom is -0.338 e. The van der Waals surface area contributed by atoms with Crippen molar-refractivity contribution < 1.29 is 4.79 Å². The second-order valence-corrected chi connectivity index (χ2v) is 5.08. The van der Waals surface area contributed by atoms with Gasteiger partial charge in [0.25, 0.3) is 0 Å². The van der Waals surface area contributed by atoms with E-state index in [-0.39, 0.29) is 11.6 Å². The van der Waals surface area contributed by atoms with Crippen molar-refractivity contribution in [1.29, 1.82) is 0 Å². The zero-order valence-electron chi connectivity index (χ0n) is 10.2. The van der Waals surface area contributed by atoms with E-state index in [1.165, 1.54) is 25.7 Å². The predicted molar refractivity (Wildman–Crippen MR) is 62.9 cm³/mol. The lowest BCUT2D eigenvalue weighted by Gasteiger charge is -2.26. The molecule has 0 heterocycles. The molecule has 1 fully saturated rings. The van der Waals surface area contributed by atoms with Gasteiger partial charge in [-0.2, -0.15) is 0 Å². The smallest absolute Gasteiger partial charge is 0.315 e. The molecule has 0 aliphatic heterocycles. The maximum atomic E-state index is 11.5. The van der Waals surface area contributed by atoms with E-state index in [0.29, 0.717) is 5.92 Å². The summed E-state index contributed by atoms with van der Waals surface area (Å²) in [7, 11) is 0. The van der Waals surface area contributed by atoms with Gasteiger partial charge >= 0.3 is 6.03 Å². The molecule has 2 N–H and O–H groups in total. The number of carbonyl (C=O) groups excluding carboxylic acids is 1. The van der Waals surface area contributed by atoms with Crippen LogP contribution in [0.5, 0.6) is 0 Å². The Labute approximate surface area is 93.0 Å². The van der Waals surface area contributed by atoms with E-state index in [0.717, 1.165) is 13.0 Å². The van der Waals surface area contributed by atoms with Crippen molar-refractivity contribution in [2.75, 3.05) is 6.54 Å². The number of nitrogens with one attached hydrogen (secondary N) is 2. The topological polar surface area (TPSA) is 41.1 Å². The summed E-state index contributed by atoms with van der Waals surface area (Å²) < 4.78 is 0. The summed E-state index contributed by atoms with van der Waals surface area (Å²) in [6.45, 7) is 7.17. The Kier molecular flexibility index (Phi) is 4.43. The van der Waals surface area contributed by atoms with Crippen LogP contribution in [0.15, 0.2) is 0 Å². The van der Waals surface area contributed by atoms with Gasteiger partial charge in [-0.3, -0.25) is 0 Å². The third-order valence-corrected chi connectivity index (χ3v) is 3.10. The van der Waals surface area contributed by atoms with Crippen LogP contribution in [0, 0.1) is 5.92 Å². The maximum absolute atomic E-state index is 11.5. The standard InChI is InChI=1S/C12H24N2O/c1-4-5-6-9-13-11(15)14-12(2,3)10-7-8-10/h10H,4-9H2,1-3H3,(H2,13,14,15). The molecule has 1 aliphatic rings. The van der Waals surface area contributed by atoms with Crippen LogP contribution < -0.4 is 10.6 Å². The molecule has 0 bridgehead atoms. The van der Waals surface area contributed by atoms with Gasteiger partial charge in [0.15, 0.2) is 0 Å². The average Bonchev–Trinajstić information content (AvgIpc) is 2.94. The van der Waals surface area contributed by atoms with Crippen LogP contribution in [0.2, 0.25) is 0 Å². The van der Waals surface area contributed by atoms with Gasteiger partial charge in [0, 0.05) is 12.1 Å². The van der Waals surface area contributed by atoms with Gasteiger partial charge in [0.2, 0.25) is 0 Å². The van der Waals surface area contributed by atoms with Gasteiger partial charge in [0.05, 0.1) is 0 Å². The molecule has 0 spiro atoms. The quantitative estimate of drug-likeness (QED) is 0.653. The van der Waals surface area contributed by atoms with Crippen LogP contribution in [0.3, 0.4) is 0 Å². The Morgan fingerprint density at radius 1 is 1.33 bits per heavy atom. The summed E-state index contributed by atoms with van der Waals surface area (Å²) in [6, 6.07) is -0.0111. The number of urea groups is 1. The minimum atomic E-state index is -0.0329. The lowest BCUT2D eigenvalue weighted by molar-refractivity contribution is 0.225. The van der Waals surface area contributed by atoms with Crippen LogP contribution >= 0.6 is 0 Å². The average molecular weight is 212 g/mol. The van der Waals surface area contributed by atoms with Crippen LogP contribution in [-0.2, 0) is 0 Å². The molecule has 0 radical (unpaired) electrons. The van der Waals surface area contributed by atoms with Crippen molar-refractivity contribution >= 4 is 6.03 Å². The van der Waals surface area contributed by atoms with Crippen molar-refractivity contribution in [3.8, 4) is 0 Å². The summed E-state index contributed by atoms with van der Waals surface area (Å²) in [5, 5.41) is 5.95. The molecule has 0 aromatic heterocycles. The van der Waals surface area contributed by atoms with Gasteiger partial charge in [-0.25, -0.2) is 4.79 Å². The van der Waals surface area contributed by atoms with Crippen molar-refractivity contribution in [3.05, 3.63) is 0 Å². The third-order valence-electron chi connectivity index (χ3n) is 3.10. The lowest BCUT2D eigenvalue weighted by Crippen LogP contribution is -2.49. The highest BCUT2D eigenvalue weighted by atomic mass is 16.2.